The van der Waals surface area contributed by atoms with E-state index in [2.05, 4.69) is 4.98 Å². The minimum atomic E-state index is -1.31. The summed E-state index contributed by atoms with van der Waals surface area (Å²) in [5.41, 5.74) is 0.618. The SMILES string of the molecule is CCc1ccc(C(=O)c2ccncc2O[C@@H]2S[C@H](COC(C)=O)[C@@H](OC(C)=O)[C@H](OC(C)=O)[C@H]2OC(C)=O)cc1. The average Bonchev–Trinajstić information content (AvgIpc) is 2.90. The molecule has 0 N–H and O–H groups in total. The summed E-state index contributed by atoms with van der Waals surface area (Å²) < 4.78 is 27.9. The van der Waals surface area contributed by atoms with Crippen molar-refractivity contribution in [1.82, 2.24) is 4.98 Å². The maximum atomic E-state index is 13.4. The van der Waals surface area contributed by atoms with E-state index in [1.807, 2.05) is 19.1 Å². The number of nitrogens with zero attached hydrogens (tertiary/aromatic N) is 1. The molecule has 2 aromatic rings. The van der Waals surface area contributed by atoms with Gasteiger partial charge >= 0.3 is 23.9 Å². The number of esters is 4. The predicted octanol–water partition coefficient (Wildman–Crippen LogP) is 3.05. The number of pyridine rings is 1. The number of thioether (sulfide) groups is 1. The molecule has 0 amide bonds. The minimum Gasteiger partial charge on any atom is -0.473 e. The number of hydrogen-bond donors (Lipinski definition) is 0. The Hall–Kier alpha value is -3.93. The van der Waals surface area contributed by atoms with Gasteiger partial charge in [0.25, 0.3) is 0 Å². The zero-order valence-corrected chi connectivity index (χ0v) is 23.6. The third kappa shape index (κ3) is 8.04. The second-order valence-electron chi connectivity index (χ2n) is 8.94. The fourth-order valence-electron chi connectivity index (χ4n) is 4.12. The fraction of sp³-hybridized carbons (Fsp3) is 0.429. The summed E-state index contributed by atoms with van der Waals surface area (Å²) in [4.78, 5) is 65.2. The zero-order valence-electron chi connectivity index (χ0n) is 22.8. The lowest BCUT2D eigenvalue weighted by Gasteiger charge is -2.43. The van der Waals surface area contributed by atoms with Crippen molar-refractivity contribution >= 4 is 41.4 Å². The molecule has 1 fully saturated rings. The topological polar surface area (TPSA) is 144 Å². The molecule has 1 aromatic carbocycles. The van der Waals surface area contributed by atoms with Gasteiger partial charge in [0.15, 0.2) is 35.3 Å². The summed E-state index contributed by atoms with van der Waals surface area (Å²) in [6.07, 6.45) is -0.118. The van der Waals surface area contributed by atoms with Gasteiger partial charge in [-0.1, -0.05) is 31.2 Å². The first-order valence-corrected chi connectivity index (χ1v) is 13.5. The van der Waals surface area contributed by atoms with E-state index in [1.54, 1.807) is 12.1 Å². The number of aromatic nitrogens is 1. The second kappa shape index (κ2) is 13.9. The van der Waals surface area contributed by atoms with Gasteiger partial charge in [-0.25, -0.2) is 0 Å². The lowest BCUT2D eigenvalue weighted by atomic mass is 10.0. The van der Waals surface area contributed by atoms with Crippen LogP contribution in [0.15, 0.2) is 42.7 Å². The largest absolute Gasteiger partial charge is 0.473 e. The lowest BCUT2D eigenvalue weighted by Crippen LogP contribution is -2.59. The summed E-state index contributed by atoms with van der Waals surface area (Å²) in [5, 5.41) is -0.786. The standard InChI is InChI=1S/C28H31NO10S/c1-6-19-7-9-20(10-8-19)24(34)21-11-12-29-13-22(21)39-28-27(38-18(5)33)26(37-17(4)32)25(36-16(3)31)23(40-28)14-35-15(2)30/h7-13,23,25-28H,6,14H2,1-5H3/t23-,25-,26+,27-,28-/m1/s1. The molecule has 0 spiro atoms. The highest BCUT2D eigenvalue weighted by molar-refractivity contribution is 8.00. The molecule has 2 heterocycles. The fourth-order valence-corrected chi connectivity index (χ4v) is 5.50. The quantitative estimate of drug-likeness (QED) is 0.234. The molecular formula is C28H31NO10S. The van der Waals surface area contributed by atoms with Crippen LogP contribution in [0.4, 0.5) is 0 Å². The van der Waals surface area contributed by atoms with Gasteiger partial charge in [-0.15, -0.1) is 11.8 Å². The Kier molecular flexibility index (Phi) is 10.7. The molecule has 11 nitrogen and oxygen atoms in total. The predicted molar refractivity (Wildman–Crippen MR) is 143 cm³/mol. The third-order valence-electron chi connectivity index (χ3n) is 5.84. The molecule has 214 valence electrons. The summed E-state index contributed by atoms with van der Waals surface area (Å²) in [6.45, 7) is 6.48. The molecule has 5 atom stereocenters. The molecule has 0 bridgehead atoms. The van der Waals surface area contributed by atoms with E-state index >= 15 is 0 Å². The maximum Gasteiger partial charge on any atom is 0.303 e. The van der Waals surface area contributed by atoms with Crippen molar-refractivity contribution < 1.29 is 47.7 Å². The van der Waals surface area contributed by atoms with Gasteiger partial charge in [0, 0.05) is 39.5 Å². The van der Waals surface area contributed by atoms with Crippen LogP contribution < -0.4 is 4.74 Å². The van der Waals surface area contributed by atoms with Crippen molar-refractivity contribution in [2.45, 2.75) is 70.0 Å². The Bertz CT molecular complexity index is 1250. The number of benzene rings is 1. The highest BCUT2D eigenvalue weighted by Gasteiger charge is 2.53. The van der Waals surface area contributed by atoms with Crippen LogP contribution in [-0.2, 0) is 44.5 Å². The van der Waals surface area contributed by atoms with E-state index in [4.69, 9.17) is 23.7 Å². The Morgan fingerprint density at radius 3 is 1.98 bits per heavy atom. The third-order valence-corrected chi connectivity index (χ3v) is 7.23. The molecule has 0 aliphatic carbocycles. The molecule has 0 saturated carbocycles. The average molecular weight is 574 g/mol. The Labute approximate surface area is 235 Å². The number of carbonyl (C=O) groups excluding carboxylic acids is 5. The molecule has 3 rings (SSSR count). The van der Waals surface area contributed by atoms with E-state index in [9.17, 15) is 24.0 Å². The number of rotatable bonds is 10. The van der Waals surface area contributed by atoms with Crippen LogP contribution in [0.25, 0.3) is 0 Å². The lowest BCUT2D eigenvalue weighted by molar-refractivity contribution is -0.190. The number of ketones is 1. The van der Waals surface area contributed by atoms with Crippen LogP contribution in [-0.4, -0.2) is 70.2 Å². The summed E-state index contributed by atoms with van der Waals surface area (Å²) in [5.74, 6) is -2.96. The van der Waals surface area contributed by atoms with Crippen molar-refractivity contribution in [1.29, 1.82) is 0 Å². The normalized spacial score (nSPS) is 22.0. The Morgan fingerprint density at radius 1 is 0.800 bits per heavy atom. The Balaban J connectivity index is 2.02. The number of hydrogen-bond acceptors (Lipinski definition) is 12. The monoisotopic (exact) mass is 573 g/mol. The van der Waals surface area contributed by atoms with E-state index in [1.165, 1.54) is 32.3 Å². The molecule has 1 saturated heterocycles. The van der Waals surface area contributed by atoms with Crippen LogP contribution in [0.5, 0.6) is 5.75 Å². The molecular weight excluding hydrogens is 542 g/mol. The number of aryl methyl sites for hydroxylation is 1. The van der Waals surface area contributed by atoms with Crippen molar-refractivity contribution in [3.8, 4) is 5.75 Å². The zero-order chi connectivity index (χ0) is 29.4. The van der Waals surface area contributed by atoms with Crippen molar-refractivity contribution in [3.05, 3.63) is 59.4 Å². The van der Waals surface area contributed by atoms with Crippen LogP contribution in [0.2, 0.25) is 0 Å². The van der Waals surface area contributed by atoms with Gasteiger partial charge in [0.05, 0.1) is 17.0 Å². The highest BCUT2D eigenvalue weighted by atomic mass is 32.2. The second-order valence-corrected chi connectivity index (χ2v) is 10.3. The van der Waals surface area contributed by atoms with Gasteiger partial charge < -0.3 is 23.7 Å². The first-order valence-electron chi connectivity index (χ1n) is 12.5. The molecule has 40 heavy (non-hydrogen) atoms. The maximum absolute atomic E-state index is 13.4. The van der Waals surface area contributed by atoms with Crippen LogP contribution in [0, 0.1) is 0 Å². The van der Waals surface area contributed by atoms with E-state index in [0.29, 0.717) is 5.56 Å². The van der Waals surface area contributed by atoms with Gasteiger partial charge in [0.1, 0.15) is 6.61 Å². The molecule has 1 aromatic heterocycles. The van der Waals surface area contributed by atoms with Crippen molar-refractivity contribution in [3.63, 3.8) is 0 Å². The van der Waals surface area contributed by atoms with E-state index in [-0.39, 0.29) is 23.7 Å². The first kappa shape index (κ1) is 30.6. The van der Waals surface area contributed by atoms with Crippen LogP contribution >= 0.6 is 11.8 Å². The van der Waals surface area contributed by atoms with E-state index < -0.39 is 52.9 Å². The van der Waals surface area contributed by atoms with Crippen LogP contribution in [0.3, 0.4) is 0 Å². The molecule has 0 radical (unpaired) electrons. The van der Waals surface area contributed by atoms with Crippen LogP contribution in [0.1, 0.15) is 56.1 Å². The van der Waals surface area contributed by atoms with Gasteiger partial charge in [-0.2, -0.15) is 0 Å². The molecule has 12 heteroatoms. The van der Waals surface area contributed by atoms with Gasteiger partial charge in [-0.3, -0.25) is 29.0 Å². The summed E-state index contributed by atoms with van der Waals surface area (Å²) >= 11 is 1.04. The highest BCUT2D eigenvalue weighted by Crippen LogP contribution is 2.40. The summed E-state index contributed by atoms with van der Waals surface area (Å²) in [6, 6.07) is 8.67. The van der Waals surface area contributed by atoms with E-state index in [0.717, 1.165) is 37.6 Å². The molecule has 1 aliphatic heterocycles. The number of carbonyl (C=O) groups is 5. The molecule has 0 unspecified atom stereocenters. The van der Waals surface area contributed by atoms with Crippen molar-refractivity contribution in [2.75, 3.05) is 6.61 Å². The van der Waals surface area contributed by atoms with Crippen molar-refractivity contribution in [2.24, 2.45) is 0 Å². The number of ether oxygens (including phenoxy) is 5. The van der Waals surface area contributed by atoms with Gasteiger partial charge in [0.2, 0.25) is 0 Å². The summed E-state index contributed by atoms with van der Waals surface area (Å²) in [7, 11) is 0. The minimum absolute atomic E-state index is 0.0838. The van der Waals surface area contributed by atoms with Gasteiger partial charge in [-0.05, 0) is 18.1 Å². The molecule has 1 aliphatic rings. The smallest absolute Gasteiger partial charge is 0.303 e. The Morgan fingerprint density at radius 2 is 1.40 bits per heavy atom. The first-order chi connectivity index (χ1) is 19.0.